The van der Waals surface area contributed by atoms with Gasteiger partial charge in [-0.3, -0.25) is 9.59 Å². The largest absolute Gasteiger partial charge is 0.295 e. The molecule has 110 valence electrons. The molecule has 0 aromatic heterocycles. The Morgan fingerprint density at radius 3 is 1.23 bits per heavy atom. The van der Waals surface area contributed by atoms with Crippen molar-refractivity contribution in [2.45, 2.75) is 13.8 Å². The molecular weight excluding hydrogens is 272 g/mol. The first-order chi connectivity index (χ1) is 10.6. The predicted octanol–water partition coefficient (Wildman–Crippen LogP) is 4.82. The summed E-state index contributed by atoms with van der Waals surface area (Å²) in [6, 6.07) is 15.0. The highest BCUT2D eigenvalue weighted by Crippen LogP contribution is 2.09. The van der Waals surface area contributed by atoms with Gasteiger partial charge in [0.15, 0.2) is 11.6 Å². The fourth-order valence-corrected chi connectivity index (χ4v) is 1.99. The van der Waals surface area contributed by atoms with Crippen LogP contribution >= 0.6 is 0 Å². The Morgan fingerprint density at radius 1 is 0.636 bits per heavy atom. The number of ketones is 2. The third kappa shape index (κ3) is 4.38. The van der Waals surface area contributed by atoms with Crippen molar-refractivity contribution in [2.75, 3.05) is 0 Å². The van der Waals surface area contributed by atoms with Crippen molar-refractivity contribution in [3.8, 4) is 0 Å². The maximum Gasteiger partial charge on any atom is 0.159 e. The molecule has 0 fully saturated rings. The summed E-state index contributed by atoms with van der Waals surface area (Å²) in [5, 5.41) is 0. The van der Waals surface area contributed by atoms with Gasteiger partial charge in [-0.2, -0.15) is 0 Å². The summed E-state index contributed by atoms with van der Waals surface area (Å²) in [5.41, 5.74) is 3.53. The van der Waals surface area contributed by atoms with E-state index in [1.165, 1.54) is 0 Å². The van der Waals surface area contributed by atoms with Crippen molar-refractivity contribution in [1.82, 2.24) is 0 Å². The second-order valence-corrected chi connectivity index (χ2v) is 5.07. The van der Waals surface area contributed by atoms with Crippen molar-refractivity contribution in [3.05, 3.63) is 82.9 Å². The Bertz CT molecular complexity index is 652. The van der Waals surface area contributed by atoms with E-state index in [0.29, 0.717) is 0 Å². The summed E-state index contributed by atoms with van der Waals surface area (Å²) in [4.78, 5) is 22.4. The molecule has 0 atom stereocenters. The van der Waals surface area contributed by atoms with E-state index in [-0.39, 0.29) is 11.6 Å². The van der Waals surface area contributed by atoms with Crippen LogP contribution in [0.2, 0.25) is 0 Å². The molecule has 0 amide bonds. The number of carbonyl (C=O) groups excluding carboxylic acids is 2. The van der Waals surface area contributed by atoms with Crippen LogP contribution < -0.4 is 0 Å². The fourth-order valence-electron chi connectivity index (χ4n) is 1.99. The number of hydrogen-bond acceptors (Lipinski definition) is 2. The molecule has 0 heterocycles. The summed E-state index contributed by atoms with van der Waals surface area (Å²) in [5.74, 6) is 0.147. The van der Waals surface area contributed by atoms with Crippen molar-refractivity contribution in [2.24, 2.45) is 0 Å². The number of hydrogen-bond donors (Lipinski definition) is 0. The zero-order valence-electron chi connectivity index (χ0n) is 12.7. The van der Waals surface area contributed by atoms with Gasteiger partial charge in [0, 0.05) is 11.1 Å². The molecule has 0 N–H and O–H groups in total. The smallest absolute Gasteiger partial charge is 0.159 e. The number of Topliss-reactive ketones (excluding diaryl/α,β-unsaturated/α-hetero) is 2. The average Bonchev–Trinajstić information content (AvgIpc) is 2.52. The van der Waals surface area contributed by atoms with Gasteiger partial charge in [0.25, 0.3) is 0 Å². The van der Waals surface area contributed by atoms with Gasteiger partial charge < -0.3 is 0 Å². The highest BCUT2D eigenvalue weighted by atomic mass is 16.1. The molecular formula is C20H18O2. The highest BCUT2D eigenvalue weighted by molar-refractivity contribution is 5.94. The molecule has 0 unspecified atom stereocenters. The van der Waals surface area contributed by atoms with Crippen molar-refractivity contribution in [1.29, 1.82) is 0 Å². The lowest BCUT2D eigenvalue weighted by Crippen LogP contribution is -1.90. The second-order valence-electron chi connectivity index (χ2n) is 5.07. The minimum atomic E-state index is 0.0735. The Balaban J connectivity index is 1.99. The van der Waals surface area contributed by atoms with Crippen LogP contribution in [0.3, 0.4) is 0 Å². The van der Waals surface area contributed by atoms with Gasteiger partial charge in [-0.15, -0.1) is 0 Å². The standard InChI is InChI=1S/C20H18O2/c1-15(21)19-11-7-17(8-12-19)5-3-4-6-18-9-13-20(14-10-18)16(2)22/h3-14H,1-2H3/b5-3+,6-4+. The van der Waals surface area contributed by atoms with Crippen LogP contribution in [0.25, 0.3) is 12.2 Å². The highest BCUT2D eigenvalue weighted by Gasteiger charge is 1.97. The number of carbonyl (C=O) groups is 2. The summed E-state index contributed by atoms with van der Waals surface area (Å²) < 4.78 is 0. The summed E-state index contributed by atoms with van der Waals surface area (Å²) in [6.07, 6.45) is 7.85. The van der Waals surface area contributed by atoms with E-state index in [2.05, 4.69) is 0 Å². The number of benzene rings is 2. The quantitative estimate of drug-likeness (QED) is 0.584. The lowest BCUT2D eigenvalue weighted by Gasteiger charge is -1.97. The first kappa shape index (κ1) is 15.6. The van der Waals surface area contributed by atoms with E-state index in [4.69, 9.17) is 0 Å². The molecule has 2 heteroatoms. The van der Waals surface area contributed by atoms with Gasteiger partial charge in [0.05, 0.1) is 0 Å². The minimum absolute atomic E-state index is 0.0735. The van der Waals surface area contributed by atoms with Crippen LogP contribution in [0.4, 0.5) is 0 Å². The molecule has 0 spiro atoms. The van der Waals surface area contributed by atoms with Gasteiger partial charge in [0.1, 0.15) is 0 Å². The number of rotatable bonds is 5. The topological polar surface area (TPSA) is 34.1 Å². The molecule has 2 nitrogen and oxygen atoms in total. The van der Waals surface area contributed by atoms with Gasteiger partial charge in [-0.05, 0) is 25.0 Å². The molecule has 22 heavy (non-hydrogen) atoms. The molecule has 2 aromatic rings. The van der Waals surface area contributed by atoms with Gasteiger partial charge in [-0.25, -0.2) is 0 Å². The first-order valence-corrected chi connectivity index (χ1v) is 7.13. The molecule has 0 aliphatic heterocycles. The maximum absolute atomic E-state index is 11.2. The zero-order valence-corrected chi connectivity index (χ0v) is 12.7. The van der Waals surface area contributed by atoms with Gasteiger partial charge >= 0.3 is 0 Å². The van der Waals surface area contributed by atoms with Crippen LogP contribution in [0, 0.1) is 0 Å². The molecule has 2 aromatic carbocycles. The summed E-state index contributed by atoms with van der Waals surface area (Å²) >= 11 is 0. The van der Waals surface area contributed by atoms with Crippen LogP contribution in [-0.4, -0.2) is 11.6 Å². The molecule has 0 bridgehead atoms. The SMILES string of the molecule is CC(=O)c1ccc(/C=C/C=C/c2ccc(C(C)=O)cc2)cc1. The van der Waals surface area contributed by atoms with E-state index >= 15 is 0 Å². The summed E-state index contributed by atoms with van der Waals surface area (Å²) in [6.45, 7) is 3.12. The van der Waals surface area contributed by atoms with E-state index < -0.39 is 0 Å². The van der Waals surface area contributed by atoms with Crippen LogP contribution in [0.15, 0.2) is 60.7 Å². The molecule has 0 aliphatic rings. The van der Waals surface area contributed by atoms with E-state index in [9.17, 15) is 9.59 Å². The Morgan fingerprint density at radius 2 is 0.955 bits per heavy atom. The molecule has 0 radical (unpaired) electrons. The van der Waals surface area contributed by atoms with E-state index in [1.54, 1.807) is 13.8 Å². The Kier molecular flexibility index (Phi) is 5.21. The molecule has 0 saturated carbocycles. The van der Waals surface area contributed by atoms with Crippen LogP contribution in [0.5, 0.6) is 0 Å². The molecule has 0 aliphatic carbocycles. The van der Waals surface area contributed by atoms with Crippen molar-refractivity contribution >= 4 is 23.7 Å². The molecule has 0 saturated heterocycles. The monoisotopic (exact) mass is 290 g/mol. The third-order valence-corrected chi connectivity index (χ3v) is 3.32. The first-order valence-electron chi connectivity index (χ1n) is 7.13. The zero-order chi connectivity index (χ0) is 15.9. The minimum Gasteiger partial charge on any atom is -0.295 e. The number of allylic oxidation sites excluding steroid dienone is 2. The Labute approximate surface area is 130 Å². The fraction of sp³-hybridized carbons (Fsp3) is 0.100. The van der Waals surface area contributed by atoms with Crippen molar-refractivity contribution in [3.63, 3.8) is 0 Å². The normalized spacial score (nSPS) is 11.2. The van der Waals surface area contributed by atoms with E-state index in [1.807, 2.05) is 72.8 Å². The van der Waals surface area contributed by atoms with Crippen LogP contribution in [0.1, 0.15) is 45.7 Å². The second kappa shape index (κ2) is 7.32. The van der Waals surface area contributed by atoms with E-state index in [0.717, 1.165) is 22.3 Å². The van der Waals surface area contributed by atoms with Gasteiger partial charge in [-0.1, -0.05) is 72.8 Å². The van der Waals surface area contributed by atoms with Crippen molar-refractivity contribution < 1.29 is 9.59 Å². The average molecular weight is 290 g/mol. The lowest BCUT2D eigenvalue weighted by molar-refractivity contribution is 0.100. The predicted molar refractivity (Wildman–Crippen MR) is 91.0 cm³/mol. The lowest BCUT2D eigenvalue weighted by atomic mass is 10.1. The molecule has 2 rings (SSSR count). The summed E-state index contributed by atoms with van der Waals surface area (Å²) in [7, 11) is 0. The third-order valence-electron chi connectivity index (χ3n) is 3.32. The maximum atomic E-state index is 11.2. The van der Waals surface area contributed by atoms with Gasteiger partial charge in [0.2, 0.25) is 0 Å². The Hall–Kier alpha value is -2.74. The van der Waals surface area contributed by atoms with Crippen LogP contribution in [-0.2, 0) is 0 Å².